The van der Waals surface area contributed by atoms with Crippen LogP contribution < -0.4 is 4.90 Å². The molecule has 2 atom stereocenters. The molecule has 0 saturated heterocycles. The van der Waals surface area contributed by atoms with E-state index >= 15 is 0 Å². The number of aliphatic hydroxyl groups is 1. The van der Waals surface area contributed by atoms with E-state index in [1.807, 2.05) is 6.07 Å². The van der Waals surface area contributed by atoms with Crippen molar-refractivity contribution < 1.29 is 18.3 Å². The Labute approximate surface area is 125 Å². The van der Waals surface area contributed by atoms with Crippen LogP contribution in [-0.2, 0) is 0 Å². The van der Waals surface area contributed by atoms with Gasteiger partial charge in [0.25, 0.3) is 0 Å². The summed E-state index contributed by atoms with van der Waals surface area (Å²) in [6.45, 7) is 1.30. The van der Waals surface area contributed by atoms with Gasteiger partial charge in [0.15, 0.2) is 6.10 Å². The number of pyridine rings is 1. The Balaban J connectivity index is 2.37. The quantitative estimate of drug-likeness (QED) is 0.947. The molecule has 22 heavy (non-hydrogen) atoms. The van der Waals surface area contributed by atoms with Gasteiger partial charge in [-0.1, -0.05) is 0 Å². The first-order chi connectivity index (χ1) is 10.3. The number of nitrogens with zero attached hydrogens (tertiary/aromatic N) is 3. The van der Waals surface area contributed by atoms with Crippen molar-refractivity contribution in [2.75, 3.05) is 11.9 Å². The van der Waals surface area contributed by atoms with E-state index in [-0.39, 0.29) is 5.69 Å². The van der Waals surface area contributed by atoms with Gasteiger partial charge in [0.1, 0.15) is 11.8 Å². The number of hydrogen-bond acceptors (Lipinski definition) is 4. The Bertz CT molecular complexity index is 724. The zero-order valence-electron chi connectivity index (χ0n) is 12.0. The second-order valence-corrected chi connectivity index (χ2v) is 5.01. The zero-order valence-corrected chi connectivity index (χ0v) is 12.0. The highest BCUT2D eigenvalue weighted by Gasteiger charge is 2.43. The van der Waals surface area contributed by atoms with Crippen LogP contribution in [0.25, 0.3) is 10.8 Å². The van der Waals surface area contributed by atoms with E-state index in [1.165, 1.54) is 25.1 Å². The number of benzene rings is 1. The number of hydrogen-bond donors (Lipinski definition) is 1. The summed E-state index contributed by atoms with van der Waals surface area (Å²) in [5.74, 6) is 0. The molecule has 1 N–H and O–H groups in total. The molecule has 0 fully saturated rings. The Hall–Kier alpha value is -2.33. The zero-order chi connectivity index (χ0) is 16.5. The predicted octanol–water partition coefficient (Wildman–Crippen LogP) is 2.85. The molecule has 1 aromatic carbocycles. The van der Waals surface area contributed by atoms with Gasteiger partial charge in [-0.2, -0.15) is 18.4 Å². The molecule has 0 aliphatic rings. The van der Waals surface area contributed by atoms with Crippen molar-refractivity contribution in [2.45, 2.75) is 25.2 Å². The average molecular weight is 309 g/mol. The first kappa shape index (κ1) is 16.0. The lowest BCUT2D eigenvalue weighted by atomic mass is 10.1. The highest BCUT2D eigenvalue weighted by atomic mass is 19.4. The Morgan fingerprint density at radius 1 is 1.32 bits per heavy atom. The second-order valence-electron chi connectivity index (χ2n) is 5.01. The maximum absolute atomic E-state index is 12.6. The molecular formula is C15H14F3N3O. The fourth-order valence-corrected chi connectivity index (χ4v) is 2.19. The standard InChI is InChI=1S/C15H14F3N3O/c1-9(14(22)15(16,17)18)21(2)11-3-4-12-10(7-11)5-6-20-13(12)8-19/h3-7,9,14,22H,1-2H3/t9?,14-/m1/s1. The minimum atomic E-state index is -4.68. The van der Waals surface area contributed by atoms with Crippen molar-refractivity contribution in [1.29, 1.82) is 5.26 Å². The van der Waals surface area contributed by atoms with E-state index in [0.717, 1.165) is 0 Å². The molecule has 2 aromatic rings. The third kappa shape index (κ3) is 2.97. The summed E-state index contributed by atoms with van der Waals surface area (Å²) in [5, 5.41) is 19.7. The number of likely N-dealkylation sites (N-methyl/N-ethyl adjacent to an activating group) is 1. The fraction of sp³-hybridized carbons (Fsp3) is 0.333. The summed E-state index contributed by atoms with van der Waals surface area (Å²) in [6.07, 6.45) is -5.65. The lowest BCUT2D eigenvalue weighted by molar-refractivity contribution is -0.208. The summed E-state index contributed by atoms with van der Waals surface area (Å²) in [5.41, 5.74) is 0.772. The molecule has 7 heteroatoms. The molecule has 0 amide bonds. The number of fused-ring (bicyclic) bond motifs is 1. The van der Waals surface area contributed by atoms with Crippen LogP contribution in [-0.4, -0.2) is 35.5 Å². The number of aromatic nitrogens is 1. The maximum atomic E-state index is 12.6. The molecule has 0 radical (unpaired) electrons. The lowest BCUT2D eigenvalue weighted by Crippen LogP contribution is -2.47. The largest absolute Gasteiger partial charge is 0.416 e. The van der Waals surface area contributed by atoms with Crippen molar-refractivity contribution in [1.82, 2.24) is 4.98 Å². The van der Waals surface area contributed by atoms with Gasteiger partial charge in [-0.3, -0.25) is 0 Å². The first-order valence-electron chi connectivity index (χ1n) is 6.52. The SMILES string of the molecule is CC([C@@H](O)C(F)(F)F)N(C)c1ccc2c(C#N)nccc2c1. The molecule has 0 spiro atoms. The minimum absolute atomic E-state index is 0.259. The molecule has 1 aromatic heterocycles. The number of rotatable bonds is 3. The number of nitriles is 1. The van der Waals surface area contributed by atoms with Crippen LogP contribution in [0.3, 0.4) is 0 Å². The normalized spacial score (nSPS) is 14.4. The number of aliphatic hydroxyl groups excluding tert-OH is 1. The van der Waals surface area contributed by atoms with Crippen LogP contribution in [0.1, 0.15) is 12.6 Å². The van der Waals surface area contributed by atoms with Gasteiger partial charge in [0.2, 0.25) is 0 Å². The van der Waals surface area contributed by atoms with E-state index in [1.54, 1.807) is 24.3 Å². The second kappa shape index (κ2) is 5.81. The van der Waals surface area contributed by atoms with Crippen LogP contribution in [0.4, 0.5) is 18.9 Å². The number of anilines is 1. The van der Waals surface area contributed by atoms with Gasteiger partial charge < -0.3 is 10.0 Å². The molecule has 1 unspecified atom stereocenters. The van der Waals surface area contributed by atoms with Crippen molar-refractivity contribution in [2.24, 2.45) is 0 Å². The van der Waals surface area contributed by atoms with E-state index < -0.39 is 18.3 Å². The Morgan fingerprint density at radius 2 is 2.00 bits per heavy atom. The molecule has 0 aliphatic heterocycles. The van der Waals surface area contributed by atoms with Crippen LogP contribution in [0.2, 0.25) is 0 Å². The van der Waals surface area contributed by atoms with Crippen LogP contribution in [0.15, 0.2) is 30.5 Å². The van der Waals surface area contributed by atoms with Crippen molar-refractivity contribution in [3.8, 4) is 6.07 Å². The minimum Gasteiger partial charge on any atom is -0.382 e. The molecule has 1 heterocycles. The van der Waals surface area contributed by atoms with Crippen molar-refractivity contribution >= 4 is 16.5 Å². The van der Waals surface area contributed by atoms with E-state index in [4.69, 9.17) is 5.26 Å². The molecule has 0 aliphatic carbocycles. The van der Waals surface area contributed by atoms with E-state index in [0.29, 0.717) is 16.5 Å². The van der Waals surface area contributed by atoms with Gasteiger partial charge in [-0.05, 0) is 36.6 Å². The number of alkyl halides is 3. The third-order valence-electron chi connectivity index (χ3n) is 3.66. The fourth-order valence-electron chi connectivity index (χ4n) is 2.19. The third-order valence-corrected chi connectivity index (χ3v) is 3.66. The average Bonchev–Trinajstić information content (AvgIpc) is 2.50. The van der Waals surface area contributed by atoms with Crippen LogP contribution >= 0.6 is 0 Å². The lowest BCUT2D eigenvalue weighted by Gasteiger charge is -2.31. The Kier molecular flexibility index (Phi) is 4.24. The van der Waals surface area contributed by atoms with E-state index in [2.05, 4.69) is 4.98 Å². The van der Waals surface area contributed by atoms with Gasteiger partial charge >= 0.3 is 6.18 Å². The highest BCUT2D eigenvalue weighted by molar-refractivity contribution is 5.89. The summed E-state index contributed by atoms with van der Waals surface area (Å²) in [7, 11) is 1.48. The molecule has 0 bridgehead atoms. The molecule has 0 saturated carbocycles. The molecule has 116 valence electrons. The van der Waals surface area contributed by atoms with E-state index in [9.17, 15) is 18.3 Å². The maximum Gasteiger partial charge on any atom is 0.416 e. The van der Waals surface area contributed by atoms with Gasteiger partial charge in [0, 0.05) is 24.3 Å². The van der Waals surface area contributed by atoms with Crippen molar-refractivity contribution in [3.63, 3.8) is 0 Å². The van der Waals surface area contributed by atoms with Gasteiger partial charge in [-0.15, -0.1) is 0 Å². The van der Waals surface area contributed by atoms with Crippen LogP contribution in [0.5, 0.6) is 0 Å². The predicted molar refractivity (Wildman–Crippen MR) is 76.4 cm³/mol. The first-order valence-corrected chi connectivity index (χ1v) is 6.52. The van der Waals surface area contributed by atoms with Gasteiger partial charge in [0.05, 0.1) is 6.04 Å². The molecule has 4 nitrogen and oxygen atoms in total. The molecular weight excluding hydrogens is 295 g/mol. The van der Waals surface area contributed by atoms with Crippen molar-refractivity contribution in [3.05, 3.63) is 36.2 Å². The van der Waals surface area contributed by atoms with Crippen LogP contribution in [0, 0.1) is 11.3 Å². The van der Waals surface area contributed by atoms with Gasteiger partial charge in [-0.25, -0.2) is 4.98 Å². The summed E-state index contributed by atoms with van der Waals surface area (Å²) >= 11 is 0. The number of halogens is 3. The summed E-state index contributed by atoms with van der Waals surface area (Å²) in [6, 6.07) is 7.41. The smallest absolute Gasteiger partial charge is 0.382 e. The summed E-state index contributed by atoms with van der Waals surface area (Å²) < 4.78 is 37.8. The molecule has 2 rings (SSSR count). The Morgan fingerprint density at radius 3 is 2.59 bits per heavy atom. The highest BCUT2D eigenvalue weighted by Crippen LogP contribution is 2.29. The monoisotopic (exact) mass is 309 g/mol. The summed E-state index contributed by atoms with van der Waals surface area (Å²) in [4.78, 5) is 5.28. The topological polar surface area (TPSA) is 60.1 Å².